The van der Waals surface area contributed by atoms with Crippen LogP contribution in [0.3, 0.4) is 0 Å². The zero-order valence-electron chi connectivity index (χ0n) is 11.1. The molecule has 2 nitrogen and oxygen atoms in total. The van der Waals surface area contributed by atoms with Gasteiger partial charge in [0.1, 0.15) is 0 Å². The Morgan fingerprint density at radius 1 is 1.29 bits per heavy atom. The highest BCUT2D eigenvalue weighted by Crippen LogP contribution is 2.14. The molecule has 0 fully saturated rings. The van der Waals surface area contributed by atoms with E-state index in [0.29, 0.717) is 13.0 Å². The molecule has 0 aromatic heterocycles. The van der Waals surface area contributed by atoms with Gasteiger partial charge >= 0.3 is 5.97 Å². The quantitative estimate of drug-likeness (QED) is 0.443. The molecule has 0 saturated heterocycles. The fourth-order valence-corrected chi connectivity index (χ4v) is 1.49. The predicted octanol–water partition coefficient (Wildman–Crippen LogP) is 4.19. The molecular formula is C15H24O2. The molecule has 0 unspecified atom stereocenters. The van der Waals surface area contributed by atoms with Crippen molar-refractivity contribution >= 4 is 5.97 Å². The second-order valence-corrected chi connectivity index (χ2v) is 4.16. The lowest BCUT2D eigenvalue weighted by molar-refractivity contribution is -0.143. The molecule has 0 aliphatic heterocycles. The largest absolute Gasteiger partial charge is 0.466 e. The van der Waals surface area contributed by atoms with E-state index in [2.05, 4.69) is 19.2 Å². The van der Waals surface area contributed by atoms with E-state index in [1.165, 1.54) is 11.1 Å². The Morgan fingerprint density at radius 3 is 2.53 bits per heavy atom. The third-order valence-electron chi connectivity index (χ3n) is 2.37. The lowest BCUT2D eigenvalue weighted by atomic mass is 10.0. The Hall–Kier alpha value is -1.31. The van der Waals surface area contributed by atoms with Gasteiger partial charge in [0.15, 0.2) is 0 Å². The third-order valence-corrected chi connectivity index (χ3v) is 2.37. The van der Waals surface area contributed by atoms with Crippen molar-refractivity contribution in [1.82, 2.24) is 0 Å². The molecule has 0 amide bonds. The Labute approximate surface area is 105 Å². The van der Waals surface area contributed by atoms with Crippen LogP contribution in [-0.2, 0) is 9.53 Å². The molecule has 0 radical (unpaired) electrons. The number of carbonyl (C=O) groups excluding carboxylic acids is 1. The highest BCUT2D eigenvalue weighted by Gasteiger charge is 2.03. The van der Waals surface area contributed by atoms with Crippen molar-refractivity contribution in [2.75, 3.05) is 6.61 Å². The summed E-state index contributed by atoms with van der Waals surface area (Å²) in [6.45, 7) is 11.9. The van der Waals surface area contributed by atoms with Gasteiger partial charge in [0.25, 0.3) is 0 Å². The van der Waals surface area contributed by atoms with Crippen LogP contribution in [0.1, 0.15) is 46.0 Å². The maximum absolute atomic E-state index is 11.2. The number of hydrogen-bond acceptors (Lipinski definition) is 2. The summed E-state index contributed by atoms with van der Waals surface area (Å²) in [6.07, 6.45) is 8.12. The molecule has 0 atom stereocenters. The number of allylic oxidation sites excluding steroid dienone is 4. The molecule has 17 heavy (non-hydrogen) atoms. The van der Waals surface area contributed by atoms with Gasteiger partial charge in [0.2, 0.25) is 0 Å². The fraction of sp³-hybridized carbons (Fsp3) is 0.533. The first kappa shape index (κ1) is 15.7. The van der Waals surface area contributed by atoms with Crippen LogP contribution in [0.25, 0.3) is 0 Å². The number of ether oxygens (including phenoxy) is 1. The van der Waals surface area contributed by atoms with Crippen LogP contribution in [0.2, 0.25) is 0 Å². The second kappa shape index (κ2) is 9.88. The standard InChI is InChI=1S/C15H24O2/c1-5-8-14(10-7-9-13(3)4)11-12-15(16)17-6-2/h5,10H,1,3,6-9,11-12H2,2,4H3/b14-10-. The van der Waals surface area contributed by atoms with Crippen LogP contribution in [0, 0.1) is 0 Å². The van der Waals surface area contributed by atoms with Gasteiger partial charge in [-0.1, -0.05) is 23.3 Å². The van der Waals surface area contributed by atoms with Gasteiger partial charge in [-0.15, -0.1) is 13.2 Å². The lowest BCUT2D eigenvalue weighted by Crippen LogP contribution is -2.03. The Morgan fingerprint density at radius 2 is 2.00 bits per heavy atom. The van der Waals surface area contributed by atoms with Gasteiger partial charge in [-0.2, -0.15) is 0 Å². The molecule has 0 saturated carbocycles. The average Bonchev–Trinajstić information content (AvgIpc) is 2.26. The molecule has 96 valence electrons. The summed E-state index contributed by atoms with van der Waals surface area (Å²) in [5.74, 6) is -0.123. The van der Waals surface area contributed by atoms with E-state index in [1.54, 1.807) is 0 Å². The molecule has 0 aromatic carbocycles. The molecule has 0 bridgehead atoms. The van der Waals surface area contributed by atoms with Crippen LogP contribution in [0.5, 0.6) is 0 Å². The summed E-state index contributed by atoms with van der Waals surface area (Å²) in [4.78, 5) is 11.2. The van der Waals surface area contributed by atoms with Crippen LogP contribution in [-0.4, -0.2) is 12.6 Å². The Balaban J connectivity index is 4.08. The van der Waals surface area contributed by atoms with Gasteiger partial charge in [-0.05, 0) is 39.5 Å². The van der Waals surface area contributed by atoms with Crippen LogP contribution >= 0.6 is 0 Å². The first-order valence-corrected chi connectivity index (χ1v) is 6.19. The molecule has 2 heteroatoms. The van der Waals surface area contributed by atoms with Crippen molar-refractivity contribution in [3.05, 3.63) is 36.5 Å². The summed E-state index contributed by atoms with van der Waals surface area (Å²) in [7, 11) is 0. The Kier molecular flexibility index (Phi) is 9.12. The first-order valence-electron chi connectivity index (χ1n) is 6.19. The smallest absolute Gasteiger partial charge is 0.306 e. The van der Waals surface area contributed by atoms with E-state index in [-0.39, 0.29) is 5.97 Å². The molecule has 0 heterocycles. The highest BCUT2D eigenvalue weighted by molar-refractivity contribution is 5.69. The number of rotatable bonds is 9. The molecule has 0 aliphatic carbocycles. The summed E-state index contributed by atoms with van der Waals surface area (Å²) < 4.78 is 4.91. The third kappa shape index (κ3) is 9.61. The second-order valence-electron chi connectivity index (χ2n) is 4.16. The molecule has 0 aliphatic rings. The van der Waals surface area contributed by atoms with E-state index in [9.17, 15) is 4.79 Å². The van der Waals surface area contributed by atoms with E-state index in [4.69, 9.17) is 4.74 Å². The van der Waals surface area contributed by atoms with Crippen LogP contribution in [0.15, 0.2) is 36.5 Å². The van der Waals surface area contributed by atoms with Crippen molar-refractivity contribution in [1.29, 1.82) is 0 Å². The van der Waals surface area contributed by atoms with Crippen molar-refractivity contribution in [3.8, 4) is 0 Å². The molecule has 0 spiro atoms. The van der Waals surface area contributed by atoms with Crippen molar-refractivity contribution in [2.45, 2.75) is 46.0 Å². The number of carbonyl (C=O) groups is 1. The molecular weight excluding hydrogens is 212 g/mol. The topological polar surface area (TPSA) is 26.3 Å². The summed E-state index contributed by atoms with van der Waals surface area (Å²) in [5, 5.41) is 0. The average molecular weight is 236 g/mol. The van der Waals surface area contributed by atoms with Crippen molar-refractivity contribution in [3.63, 3.8) is 0 Å². The molecule has 0 aromatic rings. The van der Waals surface area contributed by atoms with Crippen LogP contribution < -0.4 is 0 Å². The van der Waals surface area contributed by atoms with Gasteiger partial charge < -0.3 is 4.74 Å². The fourth-order valence-electron chi connectivity index (χ4n) is 1.49. The molecule has 0 rings (SSSR count). The molecule has 0 N–H and O–H groups in total. The number of hydrogen-bond donors (Lipinski definition) is 0. The highest BCUT2D eigenvalue weighted by atomic mass is 16.5. The van der Waals surface area contributed by atoms with Crippen LogP contribution in [0.4, 0.5) is 0 Å². The Bertz CT molecular complexity index is 287. The zero-order valence-corrected chi connectivity index (χ0v) is 11.1. The minimum atomic E-state index is -0.123. The summed E-state index contributed by atoms with van der Waals surface area (Å²) in [6, 6.07) is 0. The first-order chi connectivity index (χ1) is 8.10. The predicted molar refractivity (Wildman–Crippen MR) is 72.8 cm³/mol. The monoisotopic (exact) mass is 236 g/mol. The van der Waals surface area contributed by atoms with Gasteiger partial charge in [-0.25, -0.2) is 0 Å². The minimum absolute atomic E-state index is 0.123. The lowest BCUT2D eigenvalue weighted by Gasteiger charge is -2.05. The van der Waals surface area contributed by atoms with E-state index in [1.807, 2.05) is 19.9 Å². The van der Waals surface area contributed by atoms with Crippen molar-refractivity contribution in [2.24, 2.45) is 0 Å². The van der Waals surface area contributed by atoms with Gasteiger partial charge in [-0.3, -0.25) is 4.79 Å². The summed E-state index contributed by atoms with van der Waals surface area (Å²) in [5.41, 5.74) is 2.44. The van der Waals surface area contributed by atoms with Gasteiger partial charge in [0.05, 0.1) is 6.61 Å². The SMILES string of the molecule is C=CC/C(=C/CCC(=C)C)CCC(=O)OCC. The summed E-state index contributed by atoms with van der Waals surface area (Å²) >= 11 is 0. The normalized spacial score (nSPS) is 11.1. The maximum Gasteiger partial charge on any atom is 0.306 e. The minimum Gasteiger partial charge on any atom is -0.466 e. The van der Waals surface area contributed by atoms with E-state index >= 15 is 0 Å². The number of esters is 1. The zero-order chi connectivity index (χ0) is 13.1. The van der Waals surface area contributed by atoms with Crippen molar-refractivity contribution < 1.29 is 9.53 Å². The maximum atomic E-state index is 11.2. The van der Waals surface area contributed by atoms with Gasteiger partial charge in [0, 0.05) is 6.42 Å². The van der Waals surface area contributed by atoms with E-state index in [0.717, 1.165) is 25.7 Å². The van der Waals surface area contributed by atoms with E-state index < -0.39 is 0 Å².